The van der Waals surface area contributed by atoms with Gasteiger partial charge in [-0.15, -0.1) is 0 Å². The lowest BCUT2D eigenvalue weighted by atomic mass is 10.0. The van der Waals surface area contributed by atoms with Gasteiger partial charge in [0.05, 0.1) is 11.5 Å². The Hall–Kier alpha value is -0.130. The minimum atomic E-state index is -2.81. The zero-order valence-electron chi connectivity index (χ0n) is 11.4. The van der Waals surface area contributed by atoms with Crippen LogP contribution in [0.15, 0.2) is 0 Å². The standard InChI is InChI=1S/C12H26N2O2S/c1-10(2)12(8-14(3)4)13-11-6-5-7-17(15,16)9-11/h10-13H,5-9H2,1-4H3. The number of nitrogens with zero attached hydrogens (tertiary/aromatic N) is 1. The van der Waals surface area contributed by atoms with E-state index in [1.54, 1.807) is 0 Å². The molecule has 0 aromatic carbocycles. The summed E-state index contributed by atoms with van der Waals surface area (Å²) in [5.41, 5.74) is 0. The number of hydrogen-bond donors (Lipinski definition) is 1. The van der Waals surface area contributed by atoms with Gasteiger partial charge in [-0.25, -0.2) is 8.42 Å². The summed E-state index contributed by atoms with van der Waals surface area (Å²) in [5.74, 6) is 1.19. The second-order valence-electron chi connectivity index (χ2n) is 5.73. The van der Waals surface area contributed by atoms with Crippen LogP contribution in [0.2, 0.25) is 0 Å². The van der Waals surface area contributed by atoms with Crippen molar-refractivity contribution < 1.29 is 8.42 Å². The van der Waals surface area contributed by atoms with Gasteiger partial charge in [0.2, 0.25) is 0 Å². The Morgan fingerprint density at radius 3 is 2.47 bits per heavy atom. The summed E-state index contributed by atoms with van der Waals surface area (Å²) in [6.07, 6.45) is 1.78. The maximum Gasteiger partial charge on any atom is 0.151 e. The van der Waals surface area contributed by atoms with Crippen LogP contribution in [0.5, 0.6) is 0 Å². The lowest BCUT2D eigenvalue weighted by Gasteiger charge is -2.32. The van der Waals surface area contributed by atoms with Crippen molar-refractivity contribution in [2.75, 3.05) is 32.1 Å². The first-order valence-corrected chi connectivity index (χ1v) is 8.23. The first kappa shape index (κ1) is 14.9. The van der Waals surface area contributed by atoms with Crippen molar-refractivity contribution in [3.63, 3.8) is 0 Å². The maximum absolute atomic E-state index is 11.6. The highest BCUT2D eigenvalue weighted by Gasteiger charge is 2.27. The van der Waals surface area contributed by atoms with Crippen LogP contribution in [0.4, 0.5) is 0 Å². The molecule has 0 bridgehead atoms. The average Bonchev–Trinajstić information content (AvgIpc) is 2.14. The van der Waals surface area contributed by atoms with Gasteiger partial charge in [0.15, 0.2) is 9.84 Å². The Morgan fingerprint density at radius 1 is 1.35 bits per heavy atom. The molecule has 0 aromatic heterocycles. The minimum Gasteiger partial charge on any atom is -0.309 e. The topological polar surface area (TPSA) is 49.4 Å². The summed E-state index contributed by atoms with van der Waals surface area (Å²) in [6, 6.07) is 0.504. The van der Waals surface area contributed by atoms with Crippen molar-refractivity contribution in [2.24, 2.45) is 5.92 Å². The molecular weight excluding hydrogens is 236 g/mol. The van der Waals surface area contributed by atoms with Gasteiger partial charge in [0.25, 0.3) is 0 Å². The summed E-state index contributed by atoms with van der Waals surface area (Å²) >= 11 is 0. The Morgan fingerprint density at radius 2 is 2.00 bits per heavy atom. The van der Waals surface area contributed by atoms with Crippen molar-refractivity contribution in [1.82, 2.24) is 10.2 Å². The van der Waals surface area contributed by atoms with Gasteiger partial charge in [0.1, 0.15) is 0 Å². The molecule has 1 aliphatic heterocycles. The van der Waals surface area contributed by atoms with Crippen LogP contribution in [-0.2, 0) is 9.84 Å². The van der Waals surface area contributed by atoms with E-state index in [1.165, 1.54) is 0 Å². The molecule has 1 heterocycles. The summed E-state index contributed by atoms with van der Waals surface area (Å²) < 4.78 is 23.2. The van der Waals surface area contributed by atoms with Crippen LogP contribution in [0.25, 0.3) is 0 Å². The van der Waals surface area contributed by atoms with Crippen LogP contribution in [0.1, 0.15) is 26.7 Å². The van der Waals surface area contributed by atoms with E-state index in [2.05, 4.69) is 38.2 Å². The molecule has 0 radical (unpaired) electrons. The first-order valence-electron chi connectivity index (χ1n) is 6.41. The number of rotatable bonds is 5. The normalized spacial score (nSPS) is 26.4. The zero-order valence-corrected chi connectivity index (χ0v) is 12.3. The van der Waals surface area contributed by atoms with Crippen molar-refractivity contribution in [1.29, 1.82) is 0 Å². The SMILES string of the molecule is CC(C)C(CN(C)C)NC1CCCS(=O)(=O)C1. The van der Waals surface area contributed by atoms with E-state index >= 15 is 0 Å². The molecule has 1 aliphatic rings. The summed E-state index contributed by atoms with van der Waals surface area (Å²) in [7, 11) is 1.29. The lowest BCUT2D eigenvalue weighted by molar-refractivity contribution is 0.267. The number of hydrogen-bond acceptors (Lipinski definition) is 4. The third kappa shape index (κ3) is 5.36. The third-order valence-electron chi connectivity index (χ3n) is 3.28. The van der Waals surface area contributed by atoms with Gasteiger partial charge in [-0.1, -0.05) is 13.8 Å². The van der Waals surface area contributed by atoms with Gasteiger partial charge in [-0.2, -0.15) is 0 Å². The number of likely N-dealkylation sites (N-methyl/N-ethyl adjacent to an activating group) is 1. The van der Waals surface area contributed by atoms with Crippen LogP contribution in [0.3, 0.4) is 0 Å². The van der Waals surface area contributed by atoms with E-state index in [9.17, 15) is 8.42 Å². The van der Waals surface area contributed by atoms with Gasteiger partial charge < -0.3 is 10.2 Å². The van der Waals surface area contributed by atoms with Crippen molar-refractivity contribution in [2.45, 2.75) is 38.8 Å². The number of nitrogens with one attached hydrogen (secondary N) is 1. The fourth-order valence-electron chi connectivity index (χ4n) is 2.31. The molecule has 4 nitrogen and oxygen atoms in total. The van der Waals surface area contributed by atoms with Crippen LogP contribution >= 0.6 is 0 Å². The molecule has 1 saturated heterocycles. The molecule has 2 unspecified atom stereocenters. The predicted octanol–water partition coefficient (Wildman–Crippen LogP) is 0.739. The highest BCUT2D eigenvalue weighted by Crippen LogP contribution is 2.14. The molecule has 1 rings (SSSR count). The molecule has 102 valence electrons. The van der Waals surface area contributed by atoms with Gasteiger partial charge >= 0.3 is 0 Å². The van der Waals surface area contributed by atoms with E-state index < -0.39 is 9.84 Å². The molecule has 0 aromatic rings. The van der Waals surface area contributed by atoms with Crippen molar-refractivity contribution in [3.8, 4) is 0 Å². The second kappa shape index (κ2) is 6.16. The molecule has 1 N–H and O–H groups in total. The molecular formula is C12H26N2O2S. The highest BCUT2D eigenvalue weighted by atomic mass is 32.2. The Bertz CT molecular complexity index is 325. The van der Waals surface area contributed by atoms with E-state index in [0.717, 1.165) is 19.4 Å². The molecule has 0 saturated carbocycles. The van der Waals surface area contributed by atoms with E-state index in [-0.39, 0.29) is 6.04 Å². The summed E-state index contributed by atoms with van der Waals surface area (Å²) in [6.45, 7) is 5.31. The number of sulfone groups is 1. The summed E-state index contributed by atoms with van der Waals surface area (Å²) in [5, 5.41) is 3.52. The molecule has 0 aliphatic carbocycles. The molecule has 1 fully saturated rings. The summed E-state index contributed by atoms with van der Waals surface area (Å²) in [4.78, 5) is 2.15. The first-order chi connectivity index (χ1) is 7.80. The molecule has 0 amide bonds. The van der Waals surface area contributed by atoms with Crippen molar-refractivity contribution in [3.05, 3.63) is 0 Å². The Kier molecular flexibility index (Phi) is 5.41. The fraction of sp³-hybridized carbons (Fsp3) is 1.00. The van der Waals surface area contributed by atoms with Gasteiger partial charge in [-0.3, -0.25) is 0 Å². The van der Waals surface area contributed by atoms with Gasteiger partial charge in [0, 0.05) is 18.6 Å². The molecule has 17 heavy (non-hydrogen) atoms. The van der Waals surface area contributed by atoms with E-state index in [0.29, 0.717) is 23.5 Å². The van der Waals surface area contributed by atoms with Gasteiger partial charge in [-0.05, 0) is 32.9 Å². The van der Waals surface area contributed by atoms with Crippen LogP contribution < -0.4 is 5.32 Å². The van der Waals surface area contributed by atoms with Crippen LogP contribution in [-0.4, -0.2) is 57.5 Å². The maximum atomic E-state index is 11.6. The molecule has 5 heteroatoms. The molecule has 2 atom stereocenters. The predicted molar refractivity (Wildman–Crippen MR) is 72.0 cm³/mol. The average molecular weight is 262 g/mol. The Labute approximate surface area is 106 Å². The second-order valence-corrected chi connectivity index (χ2v) is 7.96. The van der Waals surface area contributed by atoms with E-state index in [1.807, 2.05) is 0 Å². The lowest BCUT2D eigenvalue weighted by Crippen LogP contribution is -2.50. The minimum absolute atomic E-state index is 0.140. The van der Waals surface area contributed by atoms with Crippen LogP contribution in [0, 0.1) is 5.92 Å². The Balaban J connectivity index is 2.55. The largest absolute Gasteiger partial charge is 0.309 e. The fourth-order valence-corrected chi connectivity index (χ4v) is 3.96. The molecule has 0 spiro atoms. The quantitative estimate of drug-likeness (QED) is 0.794. The third-order valence-corrected chi connectivity index (χ3v) is 5.10. The zero-order chi connectivity index (χ0) is 13.1. The van der Waals surface area contributed by atoms with Crippen molar-refractivity contribution >= 4 is 9.84 Å². The highest BCUT2D eigenvalue weighted by molar-refractivity contribution is 7.91. The smallest absolute Gasteiger partial charge is 0.151 e. The monoisotopic (exact) mass is 262 g/mol. The van der Waals surface area contributed by atoms with E-state index in [4.69, 9.17) is 0 Å².